The van der Waals surface area contributed by atoms with Crippen LogP contribution in [0, 0.1) is 10.5 Å². The van der Waals surface area contributed by atoms with Gasteiger partial charge in [-0.3, -0.25) is 4.68 Å². The monoisotopic (exact) mass is 372 g/mol. The molecular formula is C13H13IN2O3. The van der Waals surface area contributed by atoms with Gasteiger partial charge < -0.3 is 9.47 Å². The molecular weight excluding hydrogens is 359 g/mol. The second-order valence-electron chi connectivity index (χ2n) is 3.93. The fourth-order valence-electron chi connectivity index (χ4n) is 1.70. The number of benzene rings is 1. The Hall–Kier alpha value is -1.57. The molecule has 2 aromatic rings. The van der Waals surface area contributed by atoms with E-state index in [2.05, 4.69) is 27.7 Å². The minimum absolute atomic E-state index is 0.304. The van der Waals surface area contributed by atoms with Gasteiger partial charge in [-0.2, -0.15) is 5.10 Å². The molecule has 19 heavy (non-hydrogen) atoms. The average Bonchev–Trinajstić information content (AvgIpc) is 2.66. The molecule has 1 aromatic heterocycles. The standard InChI is InChI=1S/C13H13IN2O3/c1-8-12(11(13(17)18-3)16(2)15-8)19-10-6-4-9(14)5-7-10/h4-7H,1-3H3. The molecule has 0 saturated carbocycles. The smallest absolute Gasteiger partial charge is 0.360 e. The van der Waals surface area contributed by atoms with Gasteiger partial charge in [-0.05, 0) is 53.8 Å². The van der Waals surface area contributed by atoms with Gasteiger partial charge >= 0.3 is 5.97 Å². The number of carbonyl (C=O) groups excluding carboxylic acids is 1. The van der Waals surface area contributed by atoms with Gasteiger partial charge in [0.05, 0.1) is 7.11 Å². The lowest BCUT2D eigenvalue weighted by Crippen LogP contribution is -2.09. The number of halogens is 1. The summed E-state index contributed by atoms with van der Waals surface area (Å²) in [5.74, 6) is 0.612. The maximum Gasteiger partial charge on any atom is 0.360 e. The highest BCUT2D eigenvalue weighted by Gasteiger charge is 2.22. The van der Waals surface area contributed by atoms with E-state index in [-0.39, 0.29) is 0 Å². The van der Waals surface area contributed by atoms with Crippen LogP contribution in [0.5, 0.6) is 11.5 Å². The molecule has 1 aromatic carbocycles. The number of aromatic nitrogens is 2. The van der Waals surface area contributed by atoms with Crippen LogP contribution in [0.4, 0.5) is 0 Å². The predicted molar refractivity (Wildman–Crippen MR) is 78.5 cm³/mol. The van der Waals surface area contributed by atoms with Crippen LogP contribution in [0.25, 0.3) is 0 Å². The molecule has 0 radical (unpaired) electrons. The van der Waals surface area contributed by atoms with Crippen molar-refractivity contribution in [1.29, 1.82) is 0 Å². The van der Waals surface area contributed by atoms with Crippen LogP contribution in [0.1, 0.15) is 16.2 Å². The third kappa shape index (κ3) is 2.89. The van der Waals surface area contributed by atoms with Gasteiger partial charge in [-0.15, -0.1) is 0 Å². The van der Waals surface area contributed by atoms with Crippen molar-refractivity contribution in [2.24, 2.45) is 7.05 Å². The normalized spacial score (nSPS) is 10.3. The Morgan fingerprint density at radius 2 is 1.95 bits per heavy atom. The SMILES string of the molecule is COC(=O)c1c(Oc2ccc(I)cc2)c(C)nn1C. The Balaban J connectivity index is 2.39. The summed E-state index contributed by atoms with van der Waals surface area (Å²) in [6, 6.07) is 7.55. The predicted octanol–water partition coefficient (Wildman–Crippen LogP) is 2.91. The first-order valence-corrected chi connectivity index (χ1v) is 6.66. The number of hydrogen-bond donors (Lipinski definition) is 0. The Morgan fingerprint density at radius 1 is 1.32 bits per heavy atom. The lowest BCUT2D eigenvalue weighted by atomic mass is 10.3. The highest BCUT2D eigenvalue weighted by Crippen LogP contribution is 2.29. The topological polar surface area (TPSA) is 53.4 Å². The van der Waals surface area contributed by atoms with Crippen molar-refractivity contribution in [3.05, 3.63) is 39.2 Å². The molecule has 0 aliphatic heterocycles. The van der Waals surface area contributed by atoms with Crippen molar-refractivity contribution in [3.8, 4) is 11.5 Å². The van der Waals surface area contributed by atoms with E-state index >= 15 is 0 Å². The summed E-state index contributed by atoms with van der Waals surface area (Å²) >= 11 is 2.22. The summed E-state index contributed by atoms with van der Waals surface area (Å²) in [4.78, 5) is 11.7. The fraction of sp³-hybridized carbons (Fsp3) is 0.231. The third-order valence-corrected chi connectivity index (χ3v) is 3.30. The van der Waals surface area contributed by atoms with Crippen molar-refractivity contribution in [2.75, 3.05) is 7.11 Å². The van der Waals surface area contributed by atoms with E-state index in [1.165, 1.54) is 11.8 Å². The van der Waals surface area contributed by atoms with E-state index in [0.717, 1.165) is 3.57 Å². The molecule has 0 atom stereocenters. The molecule has 0 aliphatic rings. The lowest BCUT2D eigenvalue weighted by Gasteiger charge is -2.07. The van der Waals surface area contributed by atoms with Crippen LogP contribution in [0.2, 0.25) is 0 Å². The van der Waals surface area contributed by atoms with Gasteiger partial charge in [-0.25, -0.2) is 4.79 Å². The molecule has 0 unspecified atom stereocenters. The van der Waals surface area contributed by atoms with Gasteiger partial charge in [0.2, 0.25) is 0 Å². The molecule has 6 heteroatoms. The van der Waals surface area contributed by atoms with E-state index in [9.17, 15) is 4.79 Å². The van der Waals surface area contributed by atoms with Crippen LogP contribution < -0.4 is 4.74 Å². The van der Waals surface area contributed by atoms with E-state index in [4.69, 9.17) is 9.47 Å². The quantitative estimate of drug-likeness (QED) is 0.614. The zero-order valence-corrected chi connectivity index (χ0v) is 13.0. The Morgan fingerprint density at radius 3 is 2.53 bits per heavy atom. The molecule has 5 nitrogen and oxygen atoms in total. The molecule has 0 amide bonds. The first kappa shape index (κ1) is 13.9. The van der Waals surface area contributed by atoms with Crippen LogP contribution in [0.15, 0.2) is 24.3 Å². The fourth-order valence-corrected chi connectivity index (χ4v) is 2.06. The van der Waals surface area contributed by atoms with E-state index in [0.29, 0.717) is 22.9 Å². The van der Waals surface area contributed by atoms with Crippen LogP contribution in [-0.2, 0) is 11.8 Å². The Bertz CT molecular complexity index is 605. The van der Waals surface area contributed by atoms with Crippen molar-refractivity contribution < 1.29 is 14.3 Å². The molecule has 0 N–H and O–H groups in total. The maximum absolute atomic E-state index is 11.7. The molecule has 100 valence electrons. The molecule has 0 saturated heterocycles. The highest BCUT2D eigenvalue weighted by atomic mass is 127. The summed E-state index contributed by atoms with van der Waals surface area (Å²) in [6.07, 6.45) is 0. The van der Waals surface area contributed by atoms with Crippen LogP contribution >= 0.6 is 22.6 Å². The second kappa shape index (κ2) is 5.60. The van der Waals surface area contributed by atoms with Crippen LogP contribution in [-0.4, -0.2) is 22.9 Å². The van der Waals surface area contributed by atoms with E-state index < -0.39 is 5.97 Å². The molecule has 2 rings (SSSR count). The molecule has 0 fully saturated rings. The second-order valence-corrected chi connectivity index (χ2v) is 5.18. The first-order valence-electron chi connectivity index (χ1n) is 5.58. The summed E-state index contributed by atoms with van der Waals surface area (Å²) in [7, 11) is 3.01. The van der Waals surface area contributed by atoms with E-state index in [1.807, 2.05) is 24.3 Å². The van der Waals surface area contributed by atoms with Crippen LogP contribution in [0.3, 0.4) is 0 Å². The van der Waals surface area contributed by atoms with E-state index in [1.54, 1.807) is 14.0 Å². The molecule has 0 aliphatic carbocycles. The lowest BCUT2D eigenvalue weighted by molar-refractivity contribution is 0.0585. The molecule has 0 spiro atoms. The largest absolute Gasteiger partial charge is 0.464 e. The number of carbonyl (C=O) groups is 1. The van der Waals surface area contributed by atoms with Gasteiger partial charge in [0.15, 0.2) is 11.4 Å². The minimum atomic E-state index is -0.469. The molecule has 1 heterocycles. The Labute approximate surface area is 124 Å². The van der Waals surface area contributed by atoms with Crippen molar-refractivity contribution >= 4 is 28.6 Å². The average molecular weight is 372 g/mol. The number of esters is 1. The Kier molecular flexibility index (Phi) is 4.08. The summed E-state index contributed by atoms with van der Waals surface area (Å²) in [5, 5.41) is 4.18. The number of aryl methyl sites for hydroxylation is 2. The highest BCUT2D eigenvalue weighted by molar-refractivity contribution is 14.1. The summed E-state index contributed by atoms with van der Waals surface area (Å²) in [6.45, 7) is 1.79. The van der Waals surface area contributed by atoms with Gasteiger partial charge in [0, 0.05) is 10.6 Å². The zero-order valence-electron chi connectivity index (χ0n) is 10.8. The number of nitrogens with zero attached hydrogens (tertiary/aromatic N) is 2. The summed E-state index contributed by atoms with van der Waals surface area (Å²) < 4.78 is 13.1. The third-order valence-electron chi connectivity index (χ3n) is 2.58. The van der Waals surface area contributed by atoms with Gasteiger partial charge in [0.1, 0.15) is 11.4 Å². The number of ether oxygens (including phenoxy) is 2. The molecule has 0 bridgehead atoms. The van der Waals surface area contributed by atoms with Crippen molar-refractivity contribution in [1.82, 2.24) is 9.78 Å². The van der Waals surface area contributed by atoms with Gasteiger partial charge in [-0.1, -0.05) is 0 Å². The summed E-state index contributed by atoms with van der Waals surface area (Å²) in [5.41, 5.74) is 0.944. The number of rotatable bonds is 3. The van der Waals surface area contributed by atoms with Crippen molar-refractivity contribution in [2.45, 2.75) is 6.92 Å². The zero-order chi connectivity index (χ0) is 14.0. The first-order chi connectivity index (χ1) is 9.02. The van der Waals surface area contributed by atoms with Gasteiger partial charge in [0.25, 0.3) is 0 Å². The number of hydrogen-bond acceptors (Lipinski definition) is 4. The number of methoxy groups -OCH3 is 1. The maximum atomic E-state index is 11.7. The minimum Gasteiger partial charge on any atom is -0.464 e. The van der Waals surface area contributed by atoms with Crippen molar-refractivity contribution in [3.63, 3.8) is 0 Å².